The van der Waals surface area contributed by atoms with E-state index in [0.717, 1.165) is 18.4 Å². The lowest BCUT2D eigenvalue weighted by atomic mass is 9.79. The van der Waals surface area contributed by atoms with Gasteiger partial charge in [0.15, 0.2) is 0 Å². The van der Waals surface area contributed by atoms with Crippen LogP contribution in [-0.4, -0.2) is 13.1 Å². The molecule has 2 aromatic rings. The maximum atomic E-state index is 3.52. The summed E-state index contributed by atoms with van der Waals surface area (Å²) in [4.78, 5) is 0. The summed E-state index contributed by atoms with van der Waals surface area (Å²) in [6.45, 7) is 4.63. The van der Waals surface area contributed by atoms with Crippen molar-refractivity contribution in [3.8, 4) is 11.1 Å². The molecule has 1 heterocycles. The van der Waals surface area contributed by atoms with E-state index in [-0.39, 0.29) is 0 Å². The van der Waals surface area contributed by atoms with Gasteiger partial charge in [-0.25, -0.2) is 0 Å². The van der Waals surface area contributed by atoms with Crippen LogP contribution >= 0.6 is 0 Å². The highest BCUT2D eigenvalue weighted by atomic mass is 14.9. The molecular formula is C19H23N. The maximum absolute atomic E-state index is 3.52. The van der Waals surface area contributed by atoms with Crippen LogP contribution in [0.25, 0.3) is 11.1 Å². The SMILES string of the molecule is CCC1CNCCC1c1ccc(-c2ccccc2)cc1. The Labute approximate surface area is 122 Å². The molecule has 0 bridgehead atoms. The van der Waals surface area contributed by atoms with Gasteiger partial charge in [-0.05, 0) is 48.0 Å². The molecule has 0 radical (unpaired) electrons. The van der Waals surface area contributed by atoms with Gasteiger partial charge < -0.3 is 5.32 Å². The average molecular weight is 265 g/mol. The van der Waals surface area contributed by atoms with E-state index >= 15 is 0 Å². The fourth-order valence-electron chi connectivity index (χ4n) is 3.34. The van der Waals surface area contributed by atoms with Crippen molar-refractivity contribution in [1.29, 1.82) is 0 Å². The quantitative estimate of drug-likeness (QED) is 0.864. The van der Waals surface area contributed by atoms with Gasteiger partial charge in [0, 0.05) is 0 Å². The summed E-state index contributed by atoms with van der Waals surface area (Å²) in [5, 5.41) is 3.52. The van der Waals surface area contributed by atoms with Crippen LogP contribution in [0.2, 0.25) is 0 Å². The smallest absolute Gasteiger partial charge is 0.00148 e. The van der Waals surface area contributed by atoms with Crippen molar-refractivity contribution < 1.29 is 0 Å². The first-order valence-corrected chi connectivity index (χ1v) is 7.74. The third kappa shape index (κ3) is 2.78. The molecule has 3 rings (SSSR count). The summed E-state index contributed by atoms with van der Waals surface area (Å²) in [5.74, 6) is 1.51. The summed E-state index contributed by atoms with van der Waals surface area (Å²) < 4.78 is 0. The maximum Gasteiger partial charge on any atom is -0.00148 e. The van der Waals surface area contributed by atoms with Crippen LogP contribution in [0.3, 0.4) is 0 Å². The third-order valence-corrected chi connectivity index (χ3v) is 4.58. The molecule has 0 aromatic heterocycles. The fraction of sp³-hybridized carbons (Fsp3) is 0.368. The first-order chi connectivity index (χ1) is 9.88. The van der Waals surface area contributed by atoms with Crippen LogP contribution in [0.5, 0.6) is 0 Å². The van der Waals surface area contributed by atoms with E-state index in [1.165, 1.54) is 36.1 Å². The van der Waals surface area contributed by atoms with Crippen molar-refractivity contribution in [3.05, 3.63) is 60.2 Å². The van der Waals surface area contributed by atoms with Crippen molar-refractivity contribution in [2.45, 2.75) is 25.7 Å². The zero-order valence-corrected chi connectivity index (χ0v) is 12.2. The second-order valence-corrected chi connectivity index (χ2v) is 5.76. The molecule has 104 valence electrons. The summed E-state index contributed by atoms with van der Waals surface area (Å²) in [5.41, 5.74) is 4.13. The minimum absolute atomic E-state index is 0.728. The van der Waals surface area contributed by atoms with Crippen molar-refractivity contribution >= 4 is 0 Å². The molecule has 1 fully saturated rings. The van der Waals surface area contributed by atoms with E-state index in [0.29, 0.717) is 0 Å². The van der Waals surface area contributed by atoms with Crippen LogP contribution in [-0.2, 0) is 0 Å². The summed E-state index contributed by atoms with van der Waals surface area (Å²) in [7, 11) is 0. The Kier molecular flexibility index (Phi) is 4.17. The second kappa shape index (κ2) is 6.23. The molecule has 0 amide bonds. The molecule has 1 aliphatic heterocycles. The van der Waals surface area contributed by atoms with Crippen molar-refractivity contribution in [1.82, 2.24) is 5.32 Å². The largest absolute Gasteiger partial charge is 0.316 e. The minimum Gasteiger partial charge on any atom is -0.316 e. The minimum atomic E-state index is 0.728. The van der Waals surface area contributed by atoms with Crippen molar-refractivity contribution in [2.75, 3.05) is 13.1 Å². The number of nitrogens with one attached hydrogen (secondary N) is 1. The number of hydrogen-bond acceptors (Lipinski definition) is 1. The highest BCUT2D eigenvalue weighted by molar-refractivity contribution is 5.63. The Morgan fingerprint density at radius 1 is 0.950 bits per heavy atom. The Balaban J connectivity index is 1.82. The predicted molar refractivity (Wildman–Crippen MR) is 85.9 cm³/mol. The molecule has 1 heteroatoms. The van der Waals surface area contributed by atoms with Crippen LogP contribution in [0.1, 0.15) is 31.2 Å². The molecule has 2 atom stereocenters. The van der Waals surface area contributed by atoms with Crippen molar-refractivity contribution in [3.63, 3.8) is 0 Å². The zero-order chi connectivity index (χ0) is 13.8. The molecule has 2 unspecified atom stereocenters. The third-order valence-electron chi connectivity index (χ3n) is 4.58. The predicted octanol–water partition coefficient (Wildman–Crippen LogP) is 4.46. The Morgan fingerprint density at radius 3 is 2.35 bits per heavy atom. The van der Waals surface area contributed by atoms with Crippen LogP contribution in [0, 0.1) is 5.92 Å². The van der Waals surface area contributed by atoms with Gasteiger partial charge in [0.05, 0.1) is 0 Å². The highest BCUT2D eigenvalue weighted by Crippen LogP contribution is 2.33. The van der Waals surface area contributed by atoms with E-state index in [2.05, 4.69) is 66.8 Å². The van der Waals surface area contributed by atoms with E-state index < -0.39 is 0 Å². The van der Waals surface area contributed by atoms with Crippen LogP contribution < -0.4 is 5.32 Å². The van der Waals surface area contributed by atoms with Crippen LogP contribution in [0.4, 0.5) is 0 Å². The summed E-state index contributed by atoms with van der Waals surface area (Å²) >= 11 is 0. The molecule has 1 nitrogen and oxygen atoms in total. The van der Waals surface area contributed by atoms with Crippen LogP contribution in [0.15, 0.2) is 54.6 Å². The molecule has 0 spiro atoms. The first kappa shape index (κ1) is 13.4. The molecule has 0 saturated carbocycles. The van der Waals surface area contributed by atoms with Gasteiger partial charge in [-0.1, -0.05) is 67.9 Å². The molecule has 20 heavy (non-hydrogen) atoms. The lowest BCUT2D eigenvalue weighted by molar-refractivity contribution is 0.318. The number of hydrogen-bond donors (Lipinski definition) is 1. The van der Waals surface area contributed by atoms with E-state index in [1.54, 1.807) is 0 Å². The monoisotopic (exact) mass is 265 g/mol. The van der Waals surface area contributed by atoms with E-state index in [1.807, 2.05) is 0 Å². The fourth-order valence-corrected chi connectivity index (χ4v) is 3.34. The molecule has 2 aromatic carbocycles. The number of rotatable bonds is 3. The van der Waals surface area contributed by atoms with Gasteiger partial charge in [-0.2, -0.15) is 0 Å². The number of benzene rings is 2. The Hall–Kier alpha value is -1.60. The Morgan fingerprint density at radius 2 is 1.65 bits per heavy atom. The van der Waals surface area contributed by atoms with Gasteiger partial charge in [-0.15, -0.1) is 0 Å². The molecular weight excluding hydrogens is 242 g/mol. The topological polar surface area (TPSA) is 12.0 Å². The van der Waals surface area contributed by atoms with Gasteiger partial charge in [0.2, 0.25) is 0 Å². The van der Waals surface area contributed by atoms with Gasteiger partial charge in [-0.3, -0.25) is 0 Å². The summed E-state index contributed by atoms with van der Waals surface area (Å²) in [6, 6.07) is 19.8. The molecule has 1 saturated heterocycles. The lowest BCUT2D eigenvalue weighted by Crippen LogP contribution is -2.35. The molecule has 0 aliphatic carbocycles. The molecule has 1 N–H and O–H groups in total. The molecule has 1 aliphatic rings. The first-order valence-electron chi connectivity index (χ1n) is 7.74. The van der Waals surface area contributed by atoms with Gasteiger partial charge >= 0.3 is 0 Å². The normalized spacial score (nSPS) is 22.6. The summed E-state index contributed by atoms with van der Waals surface area (Å²) in [6.07, 6.45) is 2.53. The Bertz CT molecular complexity index is 529. The number of piperidine rings is 1. The highest BCUT2D eigenvalue weighted by Gasteiger charge is 2.24. The van der Waals surface area contributed by atoms with E-state index in [9.17, 15) is 0 Å². The van der Waals surface area contributed by atoms with Gasteiger partial charge in [0.25, 0.3) is 0 Å². The average Bonchev–Trinajstić information content (AvgIpc) is 2.56. The standard InChI is InChI=1S/C19H23N/c1-2-15-14-20-13-12-19(15)18-10-8-17(9-11-18)16-6-4-3-5-7-16/h3-11,15,19-20H,2,12-14H2,1H3. The lowest BCUT2D eigenvalue weighted by Gasteiger charge is -2.32. The van der Waals surface area contributed by atoms with E-state index in [4.69, 9.17) is 0 Å². The second-order valence-electron chi connectivity index (χ2n) is 5.76. The van der Waals surface area contributed by atoms with Gasteiger partial charge in [0.1, 0.15) is 0 Å². The van der Waals surface area contributed by atoms with Crippen molar-refractivity contribution in [2.24, 2.45) is 5.92 Å². The zero-order valence-electron chi connectivity index (χ0n) is 12.2.